The van der Waals surface area contributed by atoms with Crippen molar-refractivity contribution in [3.8, 4) is 0 Å². The topological polar surface area (TPSA) is 58.6 Å². The number of benzene rings is 1. The summed E-state index contributed by atoms with van der Waals surface area (Å²) in [6.07, 6.45) is 0. The normalized spacial score (nSPS) is 22.2. The van der Waals surface area contributed by atoms with E-state index in [1.165, 1.54) is 4.90 Å². The first-order chi connectivity index (χ1) is 9.49. The highest BCUT2D eigenvalue weighted by atomic mass is 35.5. The molecule has 0 saturated carbocycles. The number of nitrogens with one attached hydrogen (secondary N) is 1. The second kappa shape index (κ2) is 5.81. The van der Waals surface area contributed by atoms with Crippen molar-refractivity contribution in [2.75, 3.05) is 19.8 Å². The summed E-state index contributed by atoms with van der Waals surface area (Å²) in [4.78, 5) is 25.6. The van der Waals surface area contributed by atoms with Gasteiger partial charge in [0.2, 0.25) is 0 Å². The Balaban J connectivity index is 2.19. The molecule has 108 valence electrons. The fourth-order valence-corrected chi connectivity index (χ4v) is 2.31. The molecule has 0 spiro atoms. The third-order valence-corrected chi connectivity index (χ3v) is 3.61. The van der Waals surface area contributed by atoms with Crippen molar-refractivity contribution in [3.63, 3.8) is 0 Å². The zero-order chi connectivity index (χ0) is 14.8. The van der Waals surface area contributed by atoms with Gasteiger partial charge in [-0.1, -0.05) is 23.7 Å². The van der Waals surface area contributed by atoms with E-state index in [9.17, 15) is 9.59 Å². The molecular formula is C14H17ClN2O3. The smallest absolute Gasteiger partial charge is 0.325 e. The highest BCUT2D eigenvalue weighted by molar-refractivity contribution is 6.30. The molecule has 1 aliphatic rings. The van der Waals surface area contributed by atoms with Gasteiger partial charge < -0.3 is 10.1 Å². The second-order valence-electron chi connectivity index (χ2n) is 4.72. The van der Waals surface area contributed by atoms with E-state index in [4.69, 9.17) is 16.3 Å². The van der Waals surface area contributed by atoms with Crippen molar-refractivity contribution in [2.45, 2.75) is 19.4 Å². The quantitative estimate of drug-likeness (QED) is 0.669. The van der Waals surface area contributed by atoms with Gasteiger partial charge in [0.25, 0.3) is 5.91 Å². The Kier molecular flexibility index (Phi) is 4.30. The average molecular weight is 297 g/mol. The first-order valence-corrected chi connectivity index (χ1v) is 6.84. The molecule has 6 heteroatoms. The molecule has 0 aromatic heterocycles. The van der Waals surface area contributed by atoms with E-state index in [1.807, 2.05) is 6.92 Å². The molecule has 1 fully saturated rings. The van der Waals surface area contributed by atoms with E-state index in [0.717, 1.165) is 0 Å². The predicted molar refractivity (Wildman–Crippen MR) is 75.5 cm³/mol. The van der Waals surface area contributed by atoms with Gasteiger partial charge in [0.05, 0.1) is 13.2 Å². The van der Waals surface area contributed by atoms with Crippen LogP contribution in [0.15, 0.2) is 24.3 Å². The first kappa shape index (κ1) is 14.8. The van der Waals surface area contributed by atoms with Crippen molar-refractivity contribution in [3.05, 3.63) is 34.9 Å². The van der Waals surface area contributed by atoms with Crippen LogP contribution < -0.4 is 5.32 Å². The van der Waals surface area contributed by atoms with Gasteiger partial charge in [-0.25, -0.2) is 4.79 Å². The predicted octanol–water partition coefficient (Wildman–Crippen LogP) is 2.14. The number of imide groups is 1. The van der Waals surface area contributed by atoms with Gasteiger partial charge in [0, 0.05) is 11.6 Å². The Hall–Kier alpha value is -1.59. The van der Waals surface area contributed by atoms with Crippen LogP contribution in [0.2, 0.25) is 5.02 Å². The van der Waals surface area contributed by atoms with E-state index in [-0.39, 0.29) is 12.5 Å². The summed E-state index contributed by atoms with van der Waals surface area (Å²) in [6, 6.07) is 6.49. The minimum Gasteiger partial charge on any atom is -0.380 e. The fraction of sp³-hybridized carbons (Fsp3) is 0.429. The number of nitrogens with zero attached hydrogens (tertiary/aromatic N) is 1. The van der Waals surface area contributed by atoms with Crippen LogP contribution in [0.4, 0.5) is 4.79 Å². The van der Waals surface area contributed by atoms with Crippen molar-refractivity contribution in [1.82, 2.24) is 10.2 Å². The number of urea groups is 1. The van der Waals surface area contributed by atoms with Gasteiger partial charge in [-0.2, -0.15) is 0 Å². The van der Waals surface area contributed by atoms with Crippen molar-refractivity contribution >= 4 is 23.5 Å². The standard InChI is InChI=1S/C14H17ClN2O3/c1-3-20-9-8-17-12(18)14(2,16-13(17)19)10-4-6-11(15)7-5-10/h4-7H,3,8-9H2,1-2H3,(H,16,19). The molecule has 1 unspecified atom stereocenters. The third kappa shape index (κ3) is 2.64. The molecule has 2 rings (SSSR count). The maximum Gasteiger partial charge on any atom is 0.325 e. The number of amides is 3. The molecule has 1 aliphatic heterocycles. The van der Waals surface area contributed by atoms with Crippen LogP contribution in [-0.2, 0) is 15.1 Å². The van der Waals surface area contributed by atoms with Crippen LogP contribution >= 0.6 is 11.6 Å². The Morgan fingerprint density at radius 2 is 1.95 bits per heavy atom. The number of carbonyl (C=O) groups is 2. The van der Waals surface area contributed by atoms with E-state index in [0.29, 0.717) is 23.8 Å². The van der Waals surface area contributed by atoms with Gasteiger partial charge in [-0.05, 0) is 31.5 Å². The van der Waals surface area contributed by atoms with Crippen molar-refractivity contribution in [1.29, 1.82) is 0 Å². The molecule has 0 bridgehead atoms. The summed E-state index contributed by atoms with van der Waals surface area (Å²) in [5.74, 6) is -0.274. The van der Waals surface area contributed by atoms with Gasteiger partial charge >= 0.3 is 6.03 Å². The molecule has 0 aliphatic carbocycles. The number of halogens is 1. The Morgan fingerprint density at radius 1 is 1.30 bits per heavy atom. The van der Waals surface area contributed by atoms with E-state index < -0.39 is 11.6 Å². The van der Waals surface area contributed by atoms with Crippen LogP contribution in [-0.4, -0.2) is 36.6 Å². The van der Waals surface area contributed by atoms with Crippen LogP contribution in [0.3, 0.4) is 0 Å². The molecule has 1 aromatic rings. The minimum atomic E-state index is -1.05. The second-order valence-corrected chi connectivity index (χ2v) is 5.15. The molecule has 1 heterocycles. The number of hydrogen-bond acceptors (Lipinski definition) is 3. The summed E-state index contributed by atoms with van der Waals surface area (Å²) in [5, 5.41) is 3.32. The Morgan fingerprint density at radius 3 is 2.55 bits per heavy atom. The molecule has 1 N–H and O–H groups in total. The van der Waals surface area contributed by atoms with E-state index >= 15 is 0 Å². The van der Waals surface area contributed by atoms with Crippen LogP contribution in [0, 0.1) is 0 Å². The molecule has 1 aromatic carbocycles. The van der Waals surface area contributed by atoms with Crippen molar-refractivity contribution < 1.29 is 14.3 Å². The van der Waals surface area contributed by atoms with Gasteiger partial charge in [-0.15, -0.1) is 0 Å². The highest BCUT2D eigenvalue weighted by Crippen LogP contribution is 2.29. The SMILES string of the molecule is CCOCCN1C(=O)NC(C)(c2ccc(Cl)cc2)C1=O. The fourth-order valence-electron chi connectivity index (χ4n) is 2.18. The Labute approximate surface area is 122 Å². The number of ether oxygens (including phenoxy) is 1. The summed E-state index contributed by atoms with van der Waals surface area (Å²) < 4.78 is 5.19. The summed E-state index contributed by atoms with van der Waals surface area (Å²) in [5.41, 5.74) is -0.340. The van der Waals surface area contributed by atoms with Crippen LogP contribution in [0.25, 0.3) is 0 Å². The number of carbonyl (C=O) groups excluding carboxylic acids is 2. The maximum absolute atomic E-state index is 12.5. The lowest BCUT2D eigenvalue weighted by atomic mass is 9.92. The summed E-state index contributed by atoms with van der Waals surface area (Å²) in [7, 11) is 0. The minimum absolute atomic E-state index is 0.252. The summed E-state index contributed by atoms with van der Waals surface area (Å²) in [6.45, 7) is 4.70. The molecular weight excluding hydrogens is 280 g/mol. The Bertz CT molecular complexity index is 518. The van der Waals surface area contributed by atoms with Crippen molar-refractivity contribution in [2.24, 2.45) is 0 Å². The van der Waals surface area contributed by atoms with Gasteiger partial charge in [0.1, 0.15) is 5.54 Å². The number of rotatable bonds is 5. The average Bonchev–Trinajstić information content (AvgIpc) is 2.64. The zero-order valence-electron chi connectivity index (χ0n) is 11.5. The monoisotopic (exact) mass is 296 g/mol. The molecule has 1 atom stereocenters. The van der Waals surface area contributed by atoms with E-state index in [2.05, 4.69) is 5.32 Å². The lowest BCUT2D eigenvalue weighted by Crippen LogP contribution is -2.41. The molecule has 5 nitrogen and oxygen atoms in total. The van der Waals surface area contributed by atoms with Gasteiger partial charge in [-0.3, -0.25) is 9.69 Å². The summed E-state index contributed by atoms with van der Waals surface area (Å²) >= 11 is 5.84. The highest BCUT2D eigenvalue weighted by Gasteiger charge is 2.48. The third-order valence-electron chi connectivity index (χ3n) is 3.36. The van der Waals surface area contributed by atoms with Crippen LogP contribution in [0.5, 0.6) is 0 Å². The van der Waals surface area contributed by atoms with Crippen LogP contribution in [0.1, 0.15) is 19.4 Å². The van der Waals surface area contributed by atoms with E-state index in [1.54, 1.807) is 31.2 Å². The lowest BCUT2D eigenvalue weighted by molar-refractivity contribution is -0.131. The lowest BCUT2D eigenvalue weighted by Gasteiger charge is -2.22. The molecule has 1 saturated heterocycles. The number of hydrogen-bond donors (Lipinski definition) is 1. The largest absolute Gasteiger partial charge is 0.380 e. The molecule has 3 amide bonds. The zero-order valence-corrected chi connectivity index (χ0v) is 12.2. The first-order valence-electron chi connectivity index (χ1n) is 6.47. The molecule has 20 heavy (non-hydrogen) atoms. The van der Waals surface area contributed by atoms with Gasteiger partial charge in [0.15, 0.2) is 0 Å². The molecule has 0 radical (unpaired) electrons. The maximum atomic E-state index is 12.5.